The summed E-state index contributed by atoms with van der Waals surface area (Å²) in [6.45, 7) is 5.67. The molecule has 7 heteroatoms. The number of esters is 1. The Morgan fingerprint density at radius 1 is 1.06 bits per heavy atom. The van der Waals surface area contributed by atoms with Crippen LogP contribution in [0.1, 0.15) is 30.9 Å². The van der Waals surface area contributed by atoms with Gasteiger partial charge < -0.3 is 19.0 Å². The normalized spacial score (nSPS) is 11.9. The van der Waals surface area contributed by atoms with Crippen LogP contribution in [0, 0.1) is 12.8 Å². The molecule has 1 heterocycles. The van der Waals surface area contributed by atoms with E-state index < -0.39 is 17.9 Å². The molecule has 1 unspecified atom stereocenters. The Labute approximate surface area is 187 Å². The molecule has 32 heavy (non-hydrogen) atoms. The first-order chi connectivity index (χ1) is 15.3. The molecule has 1 aromatic heterocycles. The predicted octanol–water partition coefficient (Wildman–Crippen LogP) is 4.47. The fraction of sp³-hybridized carbons (Fsp3) is 0.320. The molecule has 0 aliphatic carbocycles. The third-order valence-electron chi connectivity index (χ3n) is 4.82. The number of aromatic nitrogens is 1. The standard InChI is InChI=1S/C25H27NO6/c1-16(2)31-25(29)21(24(27)28)15-18-9-11-20(12-10-18)30-14-13-22-17(3)32-23(26-22)19-7-5-4-6-8-19/h4-12,16,21H,13-15H2,1-3H3,(H,27,28). The van der Waals surface area contributed by atoms with Crippen molar-refractivity contribution in [3.63, 3.8) is 0 Å². The maximum Gasteiger partial charge on any atom is 0.320 e. The molecular weight excluding hydrogens is 410 g/mol. The van der Waals surface area contributed by atoms with E-state index in [1.807, 2.05) is 37.3 Å². The van der Waals surface area contributed by atoms with E-state index in [2.05, 4.69) is 4.98 Å². The van der Waals surface area contributed by atoms with E-state index in [9.17, 15) is 14.7 Å². The SMILES string of the molecule is Cc1oc(-c2ccccc2)nc1CCOc1ccc(CC(C(=O)O)C(=O)OC(C)C)cc1. The zero-order valence-electron chi connectivity index (χ0n) is 18.4. The van der Waals surface area contributed by atoms with Gasteiger partial charge in [0.05, 0.1) is 18.4 Å². The zero-order chi connectivity index (χ0) is 23.1. The van der Waals surface area contributed by atoms with Crippen LogP contribution in [0.5, 0.6) is 5.75 Å². The highest BCUT2D eigenvalue weighted by Crippen LogP contribution is 2.22. The number of carboxylic acids is 1. The molecule has 2 aromatic carbocycles. The van der Waals surface area contributed by atoms with E-state index in [0.29, 0.717) is 30.2 Å². The average Bonchev–Trinajstić information content (AvgIpc) is 3.13. The van der Waals surface area contributed by atoms with E-state index in [0.717, 1.165) is 17.0 Å². The van der Waals surface area contributed by atoms with Gasteiger partial charge >= 0.3 is 11.9 Å². The number of oxazole rings is 1. The van der Waals surface area contributed by atoms with E-state index in [1.165, 1.54) is 0 Å². The highest BCUT2D eigenvalue weighted by atomic mass is 16.5. The second-order valence-electron chi connectivity index (χ2n) is 7.71. The smallest absolute Gasteiger partial charge is 0.320 e. The number of carbonyl (C=O) groups is 2. The molecule has 3 aromatic rings. The zero-order valence-corrected chi connectivity index (χ0v) is 18.4. The molecule has 1 N–H and O–H groups in total. The van der Waals surface area contributed by atoms with Gasteiger partial charge in [-0.25, -0.2) is 4.98 Å². The Morgan fingerprint density at radius 2 is 1.75 bits per heavy atom. The van der Waals surface area contributed by atoms with Crippen LogP contribution in [-0.2, 0) is 27.2 Å². The summed E-state index contributed by atoms with van der Waals surface area (Å²) in [5, 5.41) is 9.35. The first kappa shape index (κ1) is 23.1. The van der Waals surface area contributed by atoms with Crippen molar-refractivity contribution >= 4 is 11.9 Å². The first-order valence-corrected chi connectivity index (χ1v) is 10.5. The lowest BCUT2D eigenvalue weighted by atomic mass is 9.99. The van der Waals surface area contributed by atoms with Gasteiger partial charge in [-0.15, -0.1) is 0 Å². The van der Waals surface area contributed by atoms with Crippen LogP contribution in [-0.4, -0.2) is 34.7 Å². The number of aryl methyl sites for hydroxylation is 1. The number of hydrogen-bond acceptors (Lipinski definition) is 6. The quantitative estimate of drug-likeness (QED) is 0.369. The van der Waals surface area contributed by atoms with Crippen LogP contribution < -0.4 is 4.74 Å². The summed E-state index contributed by atoms with van der Waals surface area (Å²) in [4.78, 5) is 28.0. The largest absolute Gasteiger partial charge is 0.493 e. The van der Waals surface area contributed by atoms with Crippen LogP contribution in [0.2, 0.25) is 0 Å². The average molecular weight is 437 g/mol. The van der Waals surface area contributed by atoms with Crippen LogP contribution in [0.4, 0.5) is 0 Å². The molecule has 0 saturated carbocycles. The van der Waals surface area contributed by atoms with Gasteiger partial charge in [0, 0.05) is 12.0 Å². The summed E-state index contributed by atoms with van der Waals surface area (Å²) >= 11 is 0. The van der Waals surface area contributed by atoms with Crippen LogP contribution in [0.25, 0.3) is 11.5 Å². The van der Waals surface area contributed by atoms with E-state index >= 15 is 0 Å². The molecule has 0 amide bonds. The van der Waals surface area contributed by atoms with Gasteiger partial charge in [-0.3, -0.25) is 9.59 Å². The third-order valence-corrected chi connectivity index (χ3v) is 4.82. The van der Waals surface area contributed by atoms with Crippen molar-refractivity contribution in [1.82, 2.24) is 4.98 Å². The van der Waals surface area contributed by atoms with E-state index in [1.54, 1.807) is 38.1 Å². The molecule has 7 nitrogen and oxygen atoms in total. The Bertz CT molecular complexity index is 1040. The Morgan fingerprint density at radius 3 is 2.38 bits per heavy atom. The van der Waals surface area contributed by atoms with Gasteiger partial charge in [0.1, 0.15) is 11.5 Å². The summed E-state index contributed by atoms with van der Waals surface area (Å²) in [7, 11) is 0. The lowest BCUT2D eigenvalue weighted by molar-refractivity contribution is -0.161. The summed E-state index contributed by atoms with van der Waals surface area (Å²) in [5.41, 5.74) is 2.48. The van der Waals surface area contributed by atoms with Gasteiger partial charge in [-0.2, -0.15) is 0 Å². The number of ether oxygens (including phenoxy) is 2. The number of carbonyl (C=O) groups excluding carboxylic acids is 1. The highest BCUT2D eigenvalue weighted by molar-refractivity contribution is 5.94. The van der Waals surface area contributed by atoms with Crippen LogP contribution in [0.3, 0.4) is 0 Å². The highest BCUT2D eigenvalue weighted by Gasteiger charge is 2.28. The number of nitrogens with zero attached hydrogens (tertiary/aromatic N) is 1. The van der Waals surface area contributed by atoms with Gasteiger partial charge in [-0.05, 0) is 57.0 Å². The van der Waals surface area contributed by atoms with E-state index in [-0.39, 0.29) is 12.5 Å². The summed E-state index contributed by atoms with van der Waals surface area (Å²) in [5.74, 6) is -1.17. The second kappa shape index (κ2) is 10.6. The van der Waals surface area contributed by atoms with Crippen LogP contribution in [0.15, 0.2) is 59.0 Å². The lowest BCUT2D eigenvalue weighted by Crippen LogP contribution is -2.29. The fourth-order valence-electron chi connectivity index (χ4n) is 3.17. The van der Waals surface area contributed by atoms with Crippen molar-refractivity contribution in [2.45, 2.75) is 39.7 Å². The van der Waals surface area contributed by atoms with Crippen molar-refractivity contribution in [2.24, 2.45) is 5.92 Å². The number of aliphatic carboxylic acids is 1. The van der Waals surface area contributed by atoms with Crippen LogP contribution >= 0.6 is 0 Å². The molecule has 0 aliphatic heterocycles. The molecule has 0 saturated heterocycles. The predicted molar refractivity (Wildman–Crippen MR) is 118 cm³/mol. The molecule has 0 aliphatic rings. The maximum atomic E-state index is 12.0. The lowest BCUT2D eigenvalue weighted by Gasteiger charge is -2.14. The maximum absolute atomic E-state index is 12.0. The minimum absolute atomic E-state index is 0.0571. The van der Waals surface area contributed by atoms with Gasteiger partial charge in [0.15, 0.2) is 5.92 Å². The fourth-order valence-corrected chi connectivity index (χ4v) is 3.17. The second-order valence-corrected chi connectivity index (χ2v) is 7.71. The molecule has 168 valence electrons. The summed E-state index contributed by atoms with van der Waals surface area (Å²) in [6.07, 6.45) is 0.283. The Balaban J connectivity index is 1.54. The van der Waals surface area contributed by atoms with Gasteiger partial charge in [-0.1, -0.05) is 30.3 Å². The number of rotatable bonds is 10. The van der Waals surface area contributed by atoms with Crippen molar-refractivity contribution in [3.05, 3.63) is 71.6 Å². The molecule has 0 fully saturated rings. The molecule has 3 rings (SSSR count). The number of hydrogen-bond donors (Lipinski definition) is 1. The van der Waals surface area contributed by atoms with Crippen molar-refractivity contribution < 1.29 is 28.6 Å². The molecule has 0 bridgehead atoms. The van der Waals surface area contributed by atoms with E-state index in [4.69, 9.17) is 13.9 Å². The third kappa shape index (κ3) is 6.20. The first-order valence-electron chi connectivity index (χ1n) is 10.5. The molecule has 1 atom stereocenters. The van der Waals surface area contributed by atoms with Crippen molar-refractivity contribution in [2.75, 3.05) is 6.61 Å². The number of benzene rings is 2. The minimum atomic E-state index is -1.24. The summed E-state index contributed by atoms with van der Waals surface area (Å²) in [6, 6.07) is 16.7. The Kier molecular flexibility index (Phi) is 7.65. The Hall–Kier alpha value is -3.61. The molecule has 0 spiro atoms. The topological polar surface area (TPSA) is 98.9 Å². The van der Waals surface area contributed by atoms with Crippen molar-refractivity contribution in [1.29, 1.82) is 0 Å². The van der Waals surface area contributed by atoms with Gasteiger partial charge in [0.2, 0.25) is 5.89 Å². The number of carboxylic acid groups (broad SMARTS) is 1. The van der Waals surface area contributed by atoms with Gasteiger partial charge in [0.25, 0.3) is 0 Å². The van der Waals surface area contributed by atoms with Crippen molar-refractivity contribution in [3.8, 4) is 17.2 Å². The molecular formula is C25H27NO6. The monoisotopic (exact) mass is 437 g/mol. The molecule has 0 radical (unpaired) electrons. The summed E-state index contributed by atoms with van der Waals surface area (Å²) < 4.78 is 16.6. The minimum Gasteiger partial charge on any atom is -0.493 e.